The third-order valence-corrected chi connectivity index (χ3v) is 4.32. The van der Waals surface area contributed by atoms with E-state index in [1.165, 1.54) is 0 Å². The number of nitrogens with one attached hydrogen (secondary N) is 1. The third kappa shape index (κ3) is 3.49. The van der Waals surface area contributed by atoms with Crippen molar-refractivity contribution in [2.75, 3.05) is 12.0 Å². The zero-order valence-corrected chi connectivity index (χ0v) is 14.3. The molecule has 0 spiro atoms. The molecule has 9 heteroatoms. The van der Waals surface area contributed by atoms with E-state index in [4.69, 9.17) is 21.8 Å². The molecule has 3 N–H and O–H groups in total. The van der Waals surface area contributed by atoms with Crippen LogP contribution in [0, 0.1) is 0 Å². The Labute approximate surface area is 144 Å². The summed E-state index contributed by atoms with van der Waals surface area (Å²) in [7, 11) is 0. The maximum Gasteiger partial charge on any atom is 0.243 e. The Morgan fingerprint density at radius 2 is 2.35 bits per heavy atom. The minimum atomic E-state index is -0.589. The summed E-state index contributed by atoms with van der Waals surface area (Å²) in [5.74, 6) is 1.32. The molecule has 0 aromatic carbocycles. The summed E-state index contributed by atoms with van der Waals surface area (Å²) in [5.41, 5.74) is 7.25. The summed E-state index contributed by atoms with van der Waals surface area (Å²) in [6.45, 7) is -0.132. The predicted octanol–water partition coefficient (Wildman–Crippen LogP) is 3.19. The molecule has 0 saturated carbocycles. The summed E-state index contributed by atoms with van der Waals surface area (Å²) >= 11 is 9.44. The average Bonchev–Trinajstić information content (AvgIpc) is 3.15. The van der Waals surface area contributed by atoms with E-state index in [0.717, 1.165) is 11.3 Å². The Morgan fingerprint density at radius 1 is 1.52 bits per heavy atom. The zero-order chi connectivity index (χ0) is 16.4. The van der Waals surface area contributed by atoms with Crippen LogP contribution in [0.5, 0.6) is 0 Å². The van der Waals surface area contributed by atoms with Gasteiger partial charge in [0.25, 0.3) is 0 Å². The molecule has 1 atom stereocenters. The molecular weight excluding hydrogens is 389 g/mol. The molecule has 0 aliphatic carbocycles. The number of aromatic nitrogens is 3. The van der Waals surface area contributed by atoms with E-state index in [-0.39, 0.29) is 5.28 Å². The number of nitrogens with zero attached hydrogens (tertiary/aromatic N) is 3. The molecule has 6 nitrogen and oxygen atoms in total. The van der Waals surface area contributed by atoms with E-state index in [1.54, 1.807) is 10.8 Å². The smallest absolute Gasteiger partial charge is 0.243 e. The summed E-state index contributed by atoms with van der Waals surface area (Å²) < 4.78 is 20.2. The normalized spacial score (nSPS) is 12.7. The number of alkyl halides is 1. The topological polar surface area (TPSA) is 81.4 Å². The van der Waals surface area contributed by atoms with Gasteiger partial charge in [-0.3, -0.25) is 0 Å². The van der Waals surface area contributed by atoms with Crippen molar-refractivity contribution in [2.24, 2.45) is 5.73 Å². The summed E-state index contributed by atoms with van der Waals surface area (Å²) in [6.07, 6.45) is 1.99. The molecule has 0 saturated heterocycles. The Morgan fingerprint density at radius 3 is 3.04 bits per heavy atom. The Bertz CT molecular complexity index is 807. The van der Waals surface area contributed by atoms with Gasteiger partial charge < -0.3 is 15.5 Å². The van der Waals surface area contributed by atoms with Crippen LogP contribution >= 0.6 is 27.5 Å². The highest BCUT2D eigenvalue weighted by Gasteiger charge is 2.16. The largest absolute Gasteiger partial charge is 0.467 e. The van der Waals surface area contributed by atoms with Crippen LogP contribution in [0.1, 0.15) is 11.3 Å². The van der Waals surface area contributed by atoms with Crippen LogP contribution in [0.15, 0.2) is 33.5 Å². The lowest BCUT2D eigenvalue weighted by atomic mass is 10.1. The van der Waals surface area contributed by atoms with Crippen molar-refractivity contribution in [2.45, 2.75) is 19.0 Å². The number of rotatable bonds is 6. The molecule has 3 aromatic heterocycles. The fraction of sp³-hybridized carbons (Fsp3) is 0.286. The molecular formula is C14H14BrClFN5O. The van der Waals surface area contributed by atoms with Crippen molar-refractivity contribution >= 4 is 38.9 Å². The highest BCUT2D eigenvalue weighted by atomic mass is 79.9. The van der Waals surface area contributed by atoms with Gasteiger partial charge in [0.2, 0.25) is 5.28 Å². The van der Waals surface area contributed by atoms with Gasteiger partial charge in [0.05, 0.1) is 12.8 Å². The maximum atomic E-state index is 12.7. The van der Waals surface area contributed by atoms with Gasteiger partial charge in [-0.05, 0) is 57.7 Å². The van der Waals surface area contributed by atoms with Gasteiger partial charge in [-0.25, -0.2) is 8.91 Å². The third-order valence-electron chi connectivity index (χ3n) is 3.31. The summed E-state index contributed by atoms with van der Waals surface area (Å²) in [5, 5.41) is 7.42. The van der Waals surface area contributed by atoms with Gasteiger partial charge in [-0.2, -0.15) is 4.98 Å². The minimum absolute atomic E-state index is 0.0945. The van der Waals surface area contributed by atoms with Crippen LogP contribution in [0.25, 0.3) is 5.52 Å². The van der Waals surface area contributed by atoms with E-state index in [9.17, 15) is 4.39 Å². The Kier molecular flexibility index (Phi) is 4.84. The van der Waals surface area contributed by atoms with E-state index < -0.39 is 12.7 Å². The first kappa shape index (κ1) is 16.2. The predicted molar refractivity (Wildman–Crippen MR) is 89.4 cm³/mol. The number of nitrogens with two attached hydrogens (primary N) is 1. The van der Waals surface area contributed by atoms with E-state index in [1.807, 2.05) is 18.2 Å². The van der Waals surface area contributed by atoms with Crippen LogP contribution in [0.3, 0.4) is 0 Å². The monoisotopic (exact) mass is 401 g/mol. The fourth-order valence-corrected chi connectivity index (χ4v) is 2.95. The number of hydrogen-bond acceptors (Lipinski definition) is 5. The van der Waals surface area contributed by atoms with Crippen molar-refractivity contribution in [1.29, 1.82) is 0 Å². The van der Waals surface area contributed by atoms with Crippen LogP contribution in [-0.2, 0) is 13.0 Å². The molecule has 3 heterocycles. The molecule has 122 valence electrons. The Hall–Kier alpha value is -1.64. The van der Waals surface area contributed by atoms with Gasteiger partial charge >= 0.3 is 0 Å². The molecule has 0 bridgehead atoms. The molecule has 3 rings (SSSR count). The van der Waals surface area contributed by atoms with Crippen LogP contribution in [0.2, 0.25) is 5.28 Å². The molecule has 0 unspecified atom stereocenters. The summed E-state index contributed by atoms with van der Waals surface area (Å²) in [6, 6.07) is 4.96. The van der Waals surface area contributed by atoms with Gasteiger partial charge in [-0.1, -0.05) is 0 Å². The molecule has 23 heavy (non-hydrogen) atoms. The van der Waals surface area contributed by atoms with E-state index in [2.05, 4.69) is 31.3 Å². The average molecular weight is 403 g/mol. The quantitative estimate of drug-likeness (QED) is 0.662. The Balaban J connectivity index is 1.95. The van der Waals surface area contributed by atoms with Crippen molar-refractivity contribution in [3.05, 3.63) is 45.7 Å². The highest BCUT2D eigenvalue weighted by molar-refractivity contribution is 9.10. The number of hydrogen-bond donors (Lipinski definition) is 2. The standard InChI is InChI=1S/C14H14BrClFN5O/c15-12-8(4-9(18)6-17)5-11-13(20-14(16)21-22(11)12)19-7-10-2-1-3-23-10/h1-3,5,9H,4,6-7,18H2,(H,19,20,21)/t9-/m1/s1. The first-order valence-electron chi connectivity index (χ1n) is 6.90. The van der Waals surface area contributed by atoms with Gasteiger partial charge in [0, 0.05) is 6.04 Å². The number of furan rings is 1. The van der Waals surface area contributed by atoms with E-state index >= 15 is 0 Å². The van der Waals surface area contributed by atoms with Crippen molar-refractivity contribution in [3.63, 3.8) is 0 Å². The van der Waals surface area contributed by atoms with Gasteiger partial charge in [-0.15, -0.1) is 5.10 Å². The zero-order valence-electron chi connectivity index (χ0n) is 12.0. The molecule has 3 aromatic rings. The van der Waals surface area contributed by atoms with Gasteiger partial charge in [0.1, 0.15) is 22.6 Å². The van der Waals surface area contributed by atoms with Crippen molar-refractivity contribution < 1.29 is 8.81 Å². The summed E-state index contributed by atoms with van der Waals surface area (Å²) in [4.78, 5) is 4.21. The minimum Gasteiger partial charge on any atom is -0.467 e. The van der Waals surface area contributed by atoms with Crippen LogP contribution < -0.4 is 11.1 Å². The second-order valence-electron chi connectivity index (χ2n) is 5.04. The van der Waals surface area contributed by atoms with Crippen LogP contribution in [-0.4, -0.2) is 27.3 Å². The van der Waals surface area contributed by atoms with E-state index in [0.29, 0.717) is 28.9 Å². The first-order valence-corrected chi connectivity index (χ1v) is 8.07. The van der Waals surface area contributed by atoms with Crippen molar-refractivity contribution in [1.82, 2.24) is 14.6 Å². The second-order valence-corrected chi connectivity index (χ2v) is 6.13. The number of fused-ring (bicyclic) bond motifs is 1. The number of anilines is 1. The first-order chi connectivity index (χ1) is 11.1. The molecule has 0 radical (unpaired) electrons. The fourth-order valence-electron chi connectivity index (χ4n) is 2.24. The molecule has 0 fully saturated rings. The molecule has 0 aliphatic rings. The van der Waals surface area contributed by atoms with Gasteiger partial charge in [0.15, 0.2) is 5.82 Å². The lowest BCUT2D eigenvalue weighted by molar-refractivity contribution is 0.426. The molecule has 0 aliphatic heterocycles. The lowest BCUT2D eigenvalue weighted by Gasteiger charge is -2.06. The van der Waals surface area contributed by atoms with Crippen molar-refractivity contribution in [3.8, 4) is 0 Å². The van der Waals surface area contributed by atoms with Crippen LogP contribution in [0.4, 0.5) is 10.2 Å². The lowest BCUT2D eigenvalue weighted by Crippen LogP contribution is -2.24. The second kappa shape index (κ2) is 6.86. The number of halogens is 3. The highest BCUT2D eigenvalue weighted by Crippen LogP contribution is 2.27. The molecule has 0 amide bonds. The SMILES string of the molecule is N[C@@H](CF)Cc1cc2c(NCc3ccco3)nc(Cl)nn2c1Br. The maximum absolute atomic E-state index is 12.7.